The molecule has 11 aromatic carbocycles. The number of rotatable bonds is 9. The monoisotopic (exact) mass is 988 g/mol. The second-order valence-electron chi connectivity index (χ2n) is 22.7. The van der Waals surface area contributed by atoms with Gasteiger partial charge in [-0.1, -0.05) is 214 Å². The molecule has 370 valence electrons. The summed E-state index contributed by atoms with van der Waals surface area (Å²) in [5.74, 6) is 0.970. The fraction of sp³-hybridized carbons (Fsp3) is 0.147. The van der Waals surface area contributed by atoms with Gasteiger partial charge in [-0.25, -0.2) is 0 Å². The van der Waals surface area contributed by atoms with Gasteiger partial charge in [-0.15, -0.1) is 0 Å². The van der Waals surface area contributed by atoms with Crippen molar-refractivity contribution in [2.75, 3.05) is 9.80 Å². The molecule has 11 aromatic rings. The van der Waals surface area contributed by atoms with Gasteiger partial charge in [0, 0.05) is 33.6 Å². The Morgan fingerprint density at radius 2 is 0.857 bits per heavy atom. The van der Waals surface area contributed by atoms with E-state index in [-0.39, 0.29) is 10.8 Å². The van der Waals surface area contributed by atoms with E-state index in [1.165, 1.54) is 136 Å². The molecule has 1 spiro atoms. The first-order chi connectivity index (χ1) is 37.9. The van der Waals surface area contributed by atoms with Crippen molar-refractivity contribution in [1.29, 1.82) is 0 Å². The Kier molecular flexibility index (Phi) is 10.6. The van der Waals surface area contributed by atoms with Crippen LogP contribution >= 0.6 is 0 Å². The molecule has 15 rings (SSSR count). The van der Waals surface area contributed by atoms with Gasteiger partial charge in [-0.05, 0) is 187 Å². The van der Waals surface area contributed by atoms with Crippen LogP contribution in [0.2, 0.25) is 0 Å². The molecule has 0 amide bonds. The molecule has 0 N–H and O–H groups in total. The number of hydrogen-bond donors (Lipinski definition) is 0. The number of benzene rings is 11. The van der Waals surface area contributed by atoms with Gasteiger partial charge in [0.1, 0.15) is 0 Å². The van der Waals surface area contributed by atoms with Crippen molar-refractivity contribution in [2.45, 2.75) is 56.8 Å². The van der Waals surface area contributed by atoms with Crippen LogP contribution in [-0.4, -0.2) is 0 Å². The third-order valence-electron chi connectivity index (χ3n) is 18.4. The largest absolute Gasteiger partial charge is 0.310 e. The summed E-state index contributed by atoms with van der Waals surface area (Å²) in [7, 11) is 0. The SMILES string of the molecule is CC1(C)c2ccccc2-c2ccc(N(c3ccccc3)c3cccc4c3C35c6c(cccc6N(c6ccccc6)c6ccc(-c7ccc8ccccc8c7-c7ccc(-c8ccccc8)cc7)cc6)CC3CCCC5C4)cc21. The summed E-state index contributed by atoms with van der Waals surface area (Å²) in [5.41, 5.74) is 26.0. The number of hydrogen-bond acceptors (Lipinski definition) is 2. The van der Waals surface area contributed by atoms with E-state index in [0.29, 0.717) is 11.8 Å². The van der Waals surface area contributed by atoms with E-state index in [9.17, 15) is 0 Å². The zero-order valence-electron chi connectivity index (χ0n) is 43.8. The van der Waals surface area contributed by atoms with Crippen LogP contribution in [0.3, 0.4) is 0 Å². The maximum absolute atomic E-state index is 2.62. The molecule has 4 aliphatic rings. The Morgan fingerprint density at radius 1 is 0.364 bits per heavy atom. The van der Waals surface area contributed by atoms with Crippen molar-refractivity contribution in [2.24, 2.45) is 11.8 Å². The highest BCUT2D eigenvalue weighted by atomic mass is 15.2. The van der Waals surface area contributed by atoms with Crippen LogP contribution in [0.4, 0.5) is 34.1 Å². The van der Waals surface area contributed by atoms with Gasteiger partial charge in [0.05, 0.1) is 11.4 Å². The number of fused-ring (bicyclic) bond motifs is 6. The predicted molar refractivity (Wildman–Crippen MR) is 323 cm³/mol. The Morgan fingerprint density at radius 3 is 1.52 bits per heavy atom. The molecule has 3 unspecified atom stereocenters. The first-order valence-corrected chi connectivity index (χ1v) is 27.9. The molecule has 2 nitrogen and oxygen atoms in total. The molecule has 3 atom stereocenters. The maximum Gasteiger partial charge on any atom is 0.0505 e. The molecule has 1 fully saturated rings. The number of para-hydroxylation sites is 2. The van der Waals surface area contributed by atoms with Gasteiger partial charge < -0.3 is 9.80 Å². The van der Waals surface area contributed by atoms with Gasteiger partial charge in [0.25, 0.3) is 0 Å². The molecule has 0 radical (unpaired) electrons. The van der Waals surface area contributed by atoms with Crippen LogP contribution in [0.1, 0.15) is 66.5 Å². The molecule has 0 bridgehead atoms. The van der Waals surface area contributed by atoms with Crippen LogP contribution < -0.4 is 9.80 Å². The molecule has 2 heteroatoms. The molecule has 0 aromatic heterocycles. The molecular weight excluding hydrogens is 929 g/mol. The molecule has 77 heavy (non-hydrogen) atoms. The van der Waals surface area contributed by atoms with Gasteiger partial charge in [0.2, 0.25) is 0 Å². The summed E-state index contributed by atoms with van der Waals surface area (Å²) in [6, 6.07) is 96.0. The van der Waals surface area contributed by atoms with E-state index >= 15 is 0 Å². The average Bonchev–Trinajstić information content (AvgIpc) is 4.32. The van der Waals surface area contributed by atoms with Crippen LogP contribution in [-0.2, 0) is 23.7 Å². The second-order valence-corrected chi connectivity index (χ2v) is 22.7. The molecule has 0 heterocycles. The quantitative estimate of drug-likeness (QED) is 0.142. The molecule has 0 aliphatic heterocycles. The van der Waals surface area contributed by atoms with Crippen LogP contribution in [0.5, 0.6) is 0 Å². The van der Waals surface area contributed by atoms with Gasteiger partial charge >= 0.3 is 0 Å². The topological polar surface area (TPSA) is 6.48 Å². The molecule has 4 aliphatic carbocycles. The predicted octanol–water partition coefficient (Wildman–Crippen LogP) is 19.9. The van der Waals surface area contributed by atoms with Gasteiger partial charge in [-0.3, -0.25) is 0 Å². The lowest BCUT2D eigenvalue weighted by Crippen LogP contribution is -2.42. The lowest BCUT2D eigenvalue weighted by Gasteiger charge is -2.46. The van der Waals surface area contributed by atoms with E-state index in [1.807, 2.05) is 0 Å². The van der Waals surface area contributed by atoms with E-state index in [0.717, 1.165) is 18.5 Å². The normalized spacial score (nSPS) is 18.2. The number of nitrogens with zero attached hydrogens (tertiary/aromatic N) is 2. The van der Waals surface area contributed by atoms with Crippen molar-refractivity contribution < 1.29 is 0 Å². The van der Waals surface area contributed by atoms with Crippen LogP contribution in [0, 0.1) is 11.8 Å². The first-order valence-electron chi connectivity index (χ1n) is 27.9. The minimum absolute atomic E-state index is 0.119. The van der Waals surface area contributed by atoms with E-state index in [2.05, 4.69) is 278 Å². The minimum atomic E-state index is -0.182. The summed E-state index contributed by atoms with van der Waals surface area (Å²) < 4.78 is 0. The summed E-state index contributed by atoms with van der Waals surface area (Å²) in [6.07, 6.45) is 5.88. The highest BCUT2D eigenvalue weighted by Gasteiger charge is 2.60. The lowest BCUT2D eigenvalue weighted by atomic mass is 9.58. The van der Waals surface area contributed by atoms with Crippen molar-refractivity contribution >= 4 is 44.9 Å². The minimum Gasteiger partial charge on any atom is -0.310 e. The standard InChI is InChI=1S/C75H60N2/c1-74(2)67-32-15-14-31-65(67)66-46-44-62(49-68(66)74)77(60-28-10-5-11-29-60)70-34-17-23-56-48-58-25-18-24-57-47-55-22-16-33-69(72(55)75(57,58)73(56)70)76(59-26-8-4-9-27-59)61-42-39-53(40-43-61)64-45-41-52-21-12-13-30-63(52)71(64)54-37-35-51(36-38-54)50-19-6-3-7-20-50/h3-17,19-23,26-46,49,57-58H,18,24-25,47-48H2,1-2H3. The van der Waals surface area contributed by atoms with Crippen LogP contribution in [0.15, 0.2) is 255 Å². The Labute approximate surface area is 453 Å². The first kappa shape index (κ1) is 45.7. The van der Waals surface area contributed by atoms with Crippen molar-refractivity contribution in [3.63, 3.8) is 0 Å². The third-order valence-corrected chi connectivity index (χ3v) is 18.4. The van der Waals surface area contributed by atoms with Gasteiger partial charge in [-0.2, -0.15) is 0 Å². The number of anilines is 6. The fourth-order valence-corrected chi connectivity index (χ4v) is 15.2. The van der Waals surface area contributed by atoms with E-state index in [4.69, 9.17) is 0 Å². The lowest BCUT2D eigenvalue weighted by molar-refractivity contribution is 0.177. The fourth-order valence-electron chi connectivity index (χ4n) is 15.2. The Balaban J connectivity index is 0.889. The Bertz CT molecular complexity index is 4040. The summed E-state index contributed by atoms with van der Waals surface area (Å²) in [4.78, 5) is 5.21. The highest BCUT2D eigenvalue weighted by Crippen LogP contribution is 2.67. The Hall–Kier alpha value is -8.72. The van der Waals surface area contributed by atoms with Crippen molar-refractivity contribution in [3.8, 4) is 44.5 Å². The molecule has 0 saturated heterocycles. The molecular formula is C75H60N2. The van der Waals surface area contributed by atoms with Crippen molar-refractivity contribution in [3.05, 3.63) is 288 Å². The highest BCUT2D eigenvalue weighted by molar-refractivity contribution is 6.04. The second kappa shape index (κ2) is 18.0. The van der Waals surface area contributed by atoms with E-state index in [1.54, 1.807) is 0 Å². The van der Waals surface area contributed by atoms with Crippen LogP contribution in [0.25, 0.3) is 55.3 Å². The summed E-state index contributed by atoms with van der Waals surface area (Å²) >= 11 is 0. The van der Waals surface area contributed by atoms with E-state index < -0.39 is 0 Å². The van der Waals surface area contributed by atoms with Gasteiger partial charge in [0.15, 0.2) is 0 Å². The smallest absolute Gasteiger partial charge is 0.0505 e. The average molecular weight is 989 g/mol. The summed E-state index contributed by atoms with van der Waals surface area (Å²) in [5, 5.41) is 2.50. The molecule has 1 saturated carbocycles. The van der Waals surface area contributed by atoms with Crippen molar-refractivity contribution in [1.82, 2.24) is 0 Å². The maximum atomic E-state index is 2.62. The zero-order chi connectivity index (χ0) is 51.2. The summed E-state index contributed by atoms with van der Waals surface area (Å²) in [6.45, 7) is 4.81. The third kappa shape index (κ3) is 7.08. The zero-order valence-corrected chi connectivity index (χ0v) is 43.8.